The van der Waals surface area contributed by atoms with E-state index in [2.05, 4.69) is 11.9 Å². The number of nitrogens with one attached hydrogen (secondary N) is 2. The SMILES string of the molecule is C=CCNC(=O)NC(=O)COC(=O)C(C)N1C(=O)c2ccccc2C1=O. The van der Waals surface area contributed by atoms with Gasteiger partial charge in [-0.05, 0) is 19.1 Å². The molecule has 0 fully saturated rings. The minimum atomic E-state index is -1.22. The number of nitrogens with zero attached hydrogens (tertiary/aromatic N) is 1. The van der Waals surface area contributed by atoms with Gasteiger partial charge in [-0.15, -0.1) is 6.58 Å². The van der Waals surface area contributed by atoms with Crippen LogP contribution in [0.25, 0.3) is 0 Å². The largest absolute Gasteiger partial charge is 0.454 e. The summed E-state index contributed by atoms with van der Waals surface area (Å²) in [7, 11) is 0. The van der Waals surface area contributed by atoms with Gasteiger partial charge in [0.05, 0.1) is 11.1 Å². The summed E-state index contributed by atoms with van der Waals surface area (Å²) in [4.78, 5) is 60.3. The van der Waals surface area contributed by atoms with Crippen LogP contribution in [-0.4, -0.2) is 53.8 Å². The molecular formula is C17H17N3O6. The lowest BCUT2D eigenvalue weighted by atomic mass is 10.1. The third-order valence-electron chi connectivity index (χ3n) is 3.56. The Balaban J connectivity index is 1.91. The Hall–Kier alpha value is -3.49. The van der Waals surface area contributed by atoms with Crippen molar-refractivity contribution in [1.82, 2.24) is 15.5 Å². The zero-order chi connectivity index (χ0) is 19.3. The average molecular weight is 359 g/mol. The Bertz CT molecular complexity index is 753. The van der Waals surface area contributed by atoms with Gasteiger partial charge in [-0.25, -0.2) is 9.59 Å². The van der Waals surface area contributed by atoms with Crippen LogP contribution in [0, 0.1) is 0 Å². The molecule has 9 nitrogen and oxygen atoms in total. The molecule has 0 bridgehead atoms. The topological polar surface area (TPSA) is 122 Å². The number of rotatable bonds is 6. The molecule has 1 aromatic rings. The fourth-order valence-corrected chi connectivity index (χ4v) is 2.29. The molecule has 1 aliphatic heterocycles. The van der Waals surface area contributed by atoms with Crippen LogP contribution in [0.5, 0.6) is 0 Å². The number of ether oxygens (including phenoxy) is 1. The number of hydrogen-bond donors (Lipinski definition) is 2. The van der Waals surface area contributed by atoms with Gasteiger partial charge in [0, 0.05) is 6.54 Å². The second-order valence-corrected chi connectivity index (χ2v) is 5.36. The summed E-state index contributed by atoms with van der Waals surface area (Å²) in [6.45, 7) is 4.15. The van der Waals surface area contributed by atoms with Crippen molar-refractivity contribution in [3.05, 3.63) is 48.0 Å². The van der Waals surface area contributed by atoms with Crippen molar-refractivity contribution in [2.75, 3.05) is 13.2 Å². The van der Waals surface area contributed by atoms with Crippen LogP contribution in [0.3, 0.4) is 0 Å². The molecule has 2 N–H and O–H groups in total. The first-order valence-corrected chi connectivity index (χ1v) is 7.69. The summed E-state index contributed by atoms with van der Waals surface area (Å²) < 4.78 is 4.78. The van der Waals surface area contributed by atoms with E-state index in [1.165, 1.54) is 25.1 Å². The van der Waals surface area contributed by atoms with Crippen molar-refractivity contribution in [1.29, 1.82) is 0 Å². The lowest BCUT2D eigenvalue weighted by molar-refractivity contribution is -0.151. The molecule has 0 aliphatic carbocycles. The van der Waals surface area contributed by atoms with E-state index in [4.69, 9.17) is 4.74 Å². The molecule has 9 heteroatoms. The highest BCUT2D eigenvalue weighted by Gasteiger charge is 2.41. The maximum absolute atomic E-state index is 12.3. The van der Waals surface area contributed by atoms with Gasteiger partial charge in [-0.1, -0.05) is 18.2 Å². The molecule has 2 rings (SSSR count). The number of imide groups is 2. The first-order chi connectivity index (χ1) is 12.4. The van der Waals surface area contributed by atoms with E-state index >= 15 is 0 Å². The molecule has 1 aromatic carbocycles. The summed E-state index contributed by atoms with van der Waals surface area (Å²) in [5, 5.41) is 4.26. The molecule has 1 unspecified atom stereocenters. The predicted octanol–water partition coefficient (Wildman–Crippen LogP) is 0.226. The molecule has 1 aliphatic rings. The molecule has 26 heavy (non-hydrogen) atoms. The normalized spacial score (nSPS) is 13.7. The van der Waals surface area contributed by atoms with Gasteiger partial charge in [0.15, 0.2) is 6.61 Å². The van der Waals surface area contributed by atoms with Gasteiger partial charge >= 0.3 is 12.0 Å². The van der Waals surface area contributed by atoms with Gasteiger partial charge in [0.25, 0.3) is 17.7 Å². The minimum Gasteiger partial charge on any atom is -0.454 e. The van der Waals surface area contributed by atoms with E-state index in [1.807, 2.05) is 5.32 Å². The molecule has 0 spiro atoms. The Kier molecular flexibility index (Phi) is 5.84. The summed E-state index contributed by atoms with van der Waals surface area (Å²) in [6, 6.07) is 4.21. The van der Waals surface area contributed by atoms with Crippen LogP contribution < -0.4 is 10.6 Å². The van der Waals surface area contributed by atoms with Gasteiger partial charge in [-0.3, -0.25) is 24.6 Å². The minimum absolute atomic E-state index is 0.162. The molecule has 0 aromatic heterocycles. The zero-order valence-electron chi connectivity index (χ0n) is 14.0. The van der Waals surface area contributed by atoms with E-state index in [0.29, 0.717) is 0 Å². The molecule has 136 valence electrons. The Labute approximate surface area is 149 Å². The molecule has 0 saturated heterocycles. The van der Waals surface area contributed by atoms with Gasteiger partial charge in [0.2, 0.25) is 0 Å². The Morgan fingerprint density at radius 2 is 1.77 bits per heavy atom. The Morgan fingerprint density at radius 3 is 2.31 bits per heavy atom. The highest BCUT2D eigenvalue weighted by Crippen LogP contribution is 2.24. The standard InChI is InChI=1S/C17H17N3O6/c1-3-8-18-17(25)19-13(21)9-26-16(24)10(2)20-14(22)11-6-4-5-7-12(11)15(20)23/h3-7,10H,1,8-9H2,2H3,(H2,18,19,21,25). The first kappa shape index (κ1) is 18.8. The lowest BCUT2D eigenvalue weighted by Crippen LogP contribution is -2.45. The summed E-state index contributed by atoms with van der Waals surface area (Å²) in [5.74, 6) is -3.01. The zero-order valence-corrected chi connectivity index (χ0v) is 14.0. The third-order valence-corrected chi connectivity index (χ3v) is 3.56. The second-order valence-electron chi connectivity index (χ2n) is 5.36. The molecule has 1 atom stereocenters. The summed E-state index contributed by atoms with van der Waals surface area (Å²) >= 11 is 0. The number of hydrogen-bond acceptors (Lipinski definition) is 6. The van der Waals surface area contributed by atoms with E-state index in [9.17, 15) is 24.0 Å². The van der Waals surface area contributed by atoms with Crippen molar-refractivity contribution in [3.8, 4) is 0 Å². The number of amides is 5. The molecule has 5 amide bonds. The second kappa shape index (κ2) is 8.06. The number of carbonyl (C=O) groups is 5. The fourth-order valence-electron chi connectivity index (χ4n) is 2.29. The number of fused-ring (bicyclic) bond motifs is 1. The molecular weight excluding hydrogens is 342 g/mol. The monoisotopic (exact) mass is 359 g/mol. The van der Waals surface area contributed by atoms with E-state index in [-0.39, 0.29) is 17.7 Å². The average Bonchev–Trinajstić information content (AvgIpc) is 2.88. The third kappa shape index (κ3) is 3.94. The van der Waals surface area contributed by atoms with E-state index in [0.717, 1.165) is 4.90 Å². The fraction of sp³-hybridized carbons (Fsp3) is 0.235. The first-order valence-electron chi connectivity index (χ1n) is 7.69. The highest BCUT2D eigenvalue weighted by molar-refractivity contribution is 6.22. The van der Waals surface area contributed by atoms with Crippen LogP contribution in [-0.2, 0) is 14.3 Å². The van der Waals surface area contributed by atoms with Gasteiger partial charge in [-0.2, -0.15) is 0 Å². The maximum atomic E-state index is 12.3. The highest BCUT2D eigenvalue weighted by atomic mass is 16.5. The predicted molar refractivity (Wildman–Crippen MR) is 89.1 cm³/mol. The summed E-state index contributed by atoms with van der Waals surface area (Å²) in [5.41, 5.74) is 0.405. The van der Waals surface area contributed by atoms with Gasteiger partial charge < -0.3 is 10.1 Å². The number of benzene rings is 1. The van der Waals surface area contributed by atoms with Crippen LogP contribution in [0.1, 0.15) is 27.6 Å². The van der Waals surface area contributed by atoms with E-state index < -0.39 is 42.4 Å². The van der Waals surface area contributed by atoms with E-state index in [1.54, 1.807) is 12.1 Å². The van der Waals surface area contributed by atoms with Gasteiger partial charge in [0.1, 0.15) is 6.04 Å². The van der Waals surface area contributed by atoms with Crippen LogP contribution >= 0.6 is 0 Å². The summed E-state index contributed by atoms with van der Waals surface area (Å²) in [6.07, 6.45) is 1.42. The molecule has 1 heterocycles. The van der Waals surface area contributed by atoms with Crippen molar-refractivity contribution < 1.29 is 28.7 Å². The number of carbonyl (C=O) groups excluding carboxylic acids is 5. The Morgan fingerprint density at radius 1 is 1.19 bits per heavy atom. The number of esters is 1. The van der Waals surface area contributed by atoms with Crippen molar-refractivity contribution >= 4 is 29.7 Å². The number of urea groups is 1. The van der Waals surface area contributed by atoms with Crippen molar-refractivity contribution in [3.63, 3.8) is 0 Å². The lowest BCUT2D eigenvalue weighted by Gasteiger charge is -2.20. The quantitative estimate of drug-likeness (QED) is 0.426. The van der Waals surface area contributed by atoms with Crippen molar-refractivity contribution in [2.24, 2.45) is 0 Å². The van der Waals surface area contributed by atoms with Crippen LogP contribution in [0.4, 0.5) is 4.79 Å². The maximum Gasteiger partial charge on any atom is 0.329 e. The molecule has 0 radical (unpaired) electrons. The molecule has 0 saturated carbocycles. The van der Waals surface area contributed by atoms with Crippen LogP contribution in [0.2, 0.25) is 0 Å². The van der Waals surface area contributed by atoms with Crippen LogP contribution in [0.15, 0.2) is 36.9 Å². The smallest absolute Gasteiger partial charge is 0.329 e. The van der Waals surface area contributed by atoms with Crippen molar-refractivity contribution in [2.45, 2.75) is 13.0 Å².